The molecule has 1 aliphatic rings. The topological polar surface area (TPSA) is 96.1 Å². The fourth-order valence-corrected chi connectivity index (χ4v) is 4.91. The summed E-state index contributed by atoms with van der Waals surface area (Å²) in [7, 11) is 1.90. The fraction of sp³-hybridized carbons (Fsp3) is 0.267. The Bertz CT molecular complexity index is 1390. The molecule has 0 aliphatic heterocycles. The highest BCUT2D eigenvalue weighted by Gasteiger charge is 2.30. The number of hydrogen-bond acceptors (Lipinski definition) is 6. The molecular formula is C30H30N6O2. The molecule has 2 heterocycles. The molecule has 2 aromatic heterocycles. The van der Waals surface area contributed by atoms with Crippen molar-refractivity contribution in [2.24, 2.45) is 7.05 Å². The summed E-state index contributed by atoms with van der Waals surface area (Å²) < 4.78 is 7.61. The molecule has 1 fully saturated rings. The second kappa shape index (κ2) is 11.6. The van der Waals surface area contributed by atoms with Gasteiger partial charge in [0.05, 0.1) is 11.8 Å². The number of carbonyl (C=O) groups excluding carboxylic acids is 1. The number of pyridine rings is 1. The Kier molecular flexibility index (Phi) is 7.65. The molecule has 1 N–H and O–H groups in total. The van der Waals surface area contributed by atoms with E-state index >= 15 is 0 Å². The van der Waals surface area contributed by atoms with E-state index in [9.17, 15) is 4.79 Å². The van der Waals surface area contributed by atoms with Gasteiger partial charge in [0.15, 0.2) is 6.61 Å². The van der Waals surface area contributed by atoms with E-state index in [0.717, 1.165) is 48.3 Å². The van der Waals surface area contributed by atoms with Gasteiger partial charge in [-0.1, -0.05) is 30.3 Å². The van der Waals surface area contributed by atoms with Crippen LogP contribution in [0.1, 0.15) is 31.2 Å². The number of para-hydroxylation sites is 1. The molecule has 0 saturated heterocycles. The zero-order valence-corrected chi connectivity index (χ0v) is 21.3. The van der Waals surface area contributed by atoms with Gasteiger partial charge >= 0.3 is 0 Å². The number of ether oxygens (including phenoxy) is 1. The van der Waals surface area contributed by atoms with Crippen LogP contribution in [0.25, 0.3) is 11.1 Å². The van der Waals surface area contributed by atoms with Crippen molar-refractivity contribution in [2.75, 3.05) is 16.8 Å². The number of anilines is 2. The summed E-state index contributed by atoms with van der Waals surface area (Å²) in [5.74, 6) is 1.38. The molecule has 4 aromatic rings. The number of nitrogens with one attached hydrogen (secondary N) is 1. The molecule has 0 bridgehead atoms. The molecule has 8 nitrogen and oxygen atoms in total. The van der Waals surface area contributed by atoms with Gasteiger partial charge in [-0.05, 0) is 67.6 Å². The molecule has 0 spiro atoms. The first-order chi connectivity index (χ1) is 18.6. The average molecular weight is 507 g/mol. The summed E-state index contributed by atoms with van der Waals surface area (Å²) in [6.07, 6.45) is 8.92. The van der Waals surface area contributed by atoms with Crippen LogP contribution in [-0.4, -0.2) is 39.4 Å². The van der Waals surface area contributed by atoms with Crippen molar-refractivity contribution < 1.29 is 9.53 Å². The van der Waals surface area contributed by atoms with Gasteiger partial charge in [0.25, 0.3) is 5.91 Å². The van der Waals surface area contributed by atoms with E-state index in [-0.39, 0.29) is 24.6 Å². The van der Waals surface area contributed by atoms with E-state index < -0.39 is 0 Å². The van der Waals surface area contributed by atoms with Crippen molar-refractivity contribution in [3.63, 3.8) is 0 Å². The zero-order valence-electron chi connectivity index (χ0n) is 21.3. The SMILES string of the molecule is Cn1cc(-c2ccc(N(C(=O)COc3ccccc3)C3CCC(Nc4ccc(C#N)cn4)CC3)cc2)cn1. The van der Waals surface area contributed by atoms with Crippen molar-refractivity contribution in [1.29, 1.82) is 5.26 Å². The van der Waals surface area contributed by atoms with E-state index in [0.29, 0.717) is 11.3 Å². The molecule has 192 valence electrons. The first-order valence-electron chi connectivity index (χ1n) is 12.8. The predicted octanol–water partition coefficient (Wildman–Crippen LogP) is 5.19. The van der Waals surface area contributed by atoms with Crippen LogP contribution in [-0.2, 0) is 11.8 Å². The monoisotopic (exact) mass is 506 g/mol. The fourth-order valence-electron chi connectivity index (χ4n) is 4.91. The third-order valence-electron chi connectivity index (χ3n) is 6.86. The van der Waals surface area contributed by atoms with Gasteiger partial charge < -0.3 is 15.0 Å². The molecule has 0 unspecified atom stereocenters. The van der Waals surface area contributed by atoms with Crippen LogP contribution in [0, 0.1) is 11.3 Å². The quantitative estimate of drug-likeness (QED) is 0.353. The van der Waals surface area contributed by atoms with Crippen LogP contribution in [0.5, 0.6) is 5.75 Å². The third kappa shape index (κ3) is 6.01. The van der Waals surface area contributed by atoms with E-state index in [1.165, 1.54) is 0 Å². The Morgan fingerprint density at radius 2 is 1.79 bits per heavy atom. The molecule has 38 heavy (non-hydrogen) atoms. The number of nitriles is 1. The highest BCUT2D eigenvalue weighted by molar-refractivity contribution is 5.95. The summed E-state index contributed by atoms with van der Waals surface area (Å²) in [6.45, 7) is -0.0261. The van der Waals surface area contributed by atoms with Crippen LogP contribution < -0.4 is 15.0 Å². The summed E-state index contributed by atoms with van der Waals surface area (Å²) in [5, 5.41) is 16.7. The van der Waals surface area contributed by atoms with E-state index in [2.05, 4.69) is 21.5 Å². The second-order valence-corrected chi connectivity index (χ2v) is 9.51. The van der Waals surface area contributed by atoms with Gasteiger partial charge in [-0.3, -0.25) is 9.48 Å². The molecule has 1 aliphatic carbocycles. The molecule has 1 saturated carbocycles. The van der Waals surface area contributed by atoms with Crippen molar-refractivity contribution in [3.05, 3.63) is 90.9 Å². The molecule has 8 heteroatoms. The lowest BCUT2D eigenvalue weighted by Gasteiger charge is -2.37. The maximum Gasteiger partial charge on any atom is 0.265 e. The second-order valence-electron chi connectivity index (χ2n) is 9.51. The minimum Gasteiger partial charge on any atom is -0.484 e. The number of hydrogen-bond donors (Lipinski definition) is 1. The number of aryl methyl sites for hydroxylation is 1. The van der Waals surface area contributed by atoms with E-state index in [1.54, 1.807) is 16.9 Å². The highest BCUT2D eigenvalue weighted by atomic mass is 16.5. The first-order valence-corrected chi connectivity index (χ1v) is 12.8. The number of amides is 1. The molecule has 0 atom stereocenters. The Morgan fingerprint density at radius 1 is 1.03 bits per heavy atom. The van der Waals surface area contributed by atoms with Crippen LogP contribution >= 0.6 is 0 Å². The molecule has 1 amide bonds. The summed E-state index contributed by atoms with van der Waals surface area (Å²) in [5.41, 5.74) is 3.50. The lowest BCUT2D eigenvalue weighted by molar-refractivity contribution is -0.121. The molecule has 5 rings (SSSR count). The van der Waals surface area contributed by atoms with E-state index in [4.69, 9.17) is 10.00 Å². The number of benzene rings is 2. The van der Waals surface area contributed by atoms with Gasteiger partial charge in [0, 0.05) is 42.8 Å². The Morgan fingerprint density at radius 3 is 2.42 bits per heavy atom. The van der Waals surface area contributed by atoms with Gasteiger partial charge in [0.1, 0.15) is 17.6 Å². The maximum atomic E-state index is 13.5. The third-order valence-corrected chi connectivity index (χ3v) is 6.86. The Hall–Kier alpha value is -4.64. The van der Waals surface area contributed by atoms with Crippen molar-refractivity contribution in [1.82, 2.24) is 14.8 Å². The van der Waals surface area contributed by atoms with Gasteiger partial charge in [-0.25, -0.2) is 4.98 Å². The number of carbonyl (C=O) groups is 1. The Labute approximate surface area is 222 Å². The van der Waals surface area contributed by atoms with Gasteiger partial charge in [-0.2, -0.15) is 10.4 Å². The number of aromatic nitrogens is 3. The summed E-state index contributed by atoms with van der Waals surface area (Å²) in [6, 6.07) is 23.5. The van der Waals surface area contributed by atoms with Crippen LogP contribution in [0.3, 0.4) is 0 Å². The van der Waals surface area contributed by atoms with Crippen molar-refractivity contribution >= 4 is 17.4 Å². The van der Waals surface area contributed by atoms with Crippen LogP contribution in [0.4, 0.5) is 11.5 Å². The molecular weight excluding hydrogens is 476 g/mol. The van der Waals surface area contributed by atoms with Crippen molar-refractivity contribution in [3.8, 4) is 22.9 Å². The smallest absolute Gasteiger partial charge is 0.265 e. The van der Waals surface area contributed by atoms with Crippen LogP contribution in [0.15, 0.2) is 85.3 Å². The maximum absolute atomic E-state index is 13.5. The molecule has 0 radical (unpaired) electrons. The summed E-state index contributed by atoms with van der Waals surface area (Å²) >= 11 is 0. The van der Waals surface area contributed by atoms with Gasteiger partial charge in [0.2, 0.25) is 0 Å². The normalized spacial score (nSPS) is 16.8. The predicted molar refractivity (Wildman–Crippen MR) is 147 cm³/mol. The van der Waals surface area contributed by atoms with Gasteiger partial charge in [-0.15, -0.1) is 0 Å². The lowest BCUT2D eigenvalue weighted by Crippen LogP contribution is -2.46. The van der Waals surface area contributed by atoms with E-state index in [1.807, 2.05) is 85.0 Å². The number of rotatable bonds is 8. The standard InChI is InChI=1S/C30H30N6O2/c1-35-20-24(19-33-35)23-8-12-26(13-9-23)36(30(37)21-38-28-5-3-2-4-6-28)27-14-10-25(11-15-27)34-29-16-7-22(17-31)18-32-29/h2-9,12-13,16,18-20,25,27H,10-11,14-15,21H2,1H3,(H,32,34). The van der Waals surface area contributed by atoms with Crippen LogP contribution in [0.2, 0.25) is 0 Å². The average Bonchev–Trinajstić information content (AvgIpc) is 3.40. The minimum atomic E-state index is -0.0619. The first kappa shape index (κ1) is 25.0. The molecule has 2 aromatic carbocycles. The van der Waals surface area contributed by atoms with Crippen molar-refractivity contribution in [2.45, 2.75) is 37.8 Å². The summed E-state index contributed by atoms with van der Waals surface area (Å²) in [4.78, 5) is 19.8. The zero-order chi connectivity index (χ0) is 26.3. The lowest BCUT2D eigenvalue weighted by atomic mass is 9.89. The number of nitrogens with zero attached hydrogens (tertiary/aromatic N) is 5. The minimum absolute atomic E-state index is 0.0261. The Balaban J connectivity index is 1.29. The highest BCUT2D eigenvalue weighted by Crippen LogP contribution is 2.31. The largest absolute Gasteiger partial charge is 0.484 e.